The predicted octanol–water partition coefficient (Wildman–Crippen LogP) is 2.38. The van der Waals surface area contributed by atoms with Gasteiger partial charge in [0.15, 0.2) is 0 Å². The van der Waals surface area contributed by atoms with Crippen molar-refractivity contribution in [3.05, 3.63) is 59.2 Å². The monoisotopic (exact) mass is 399 g/mol. The Morgan fingerprint density at radius 2 is 1.82 bits per heavy atom. The number of nitrogens with zero attached hydrogens (tertiary/aromatic N) is 2. The molecule has 0 aliphatic carbocycles. The molecular formula is C21H25N3O3S. The standard InChI is InChI=1S/C21H25N3O3S/c1-15-11-19(22-16(2)25)7-8-21(15)28(26,27)24-13-20(14-24)23-10-9-17-5-3-4-6-18(17)12-23/h3-8,11,20H,9-10,12-14H2,1-2H3,(H,22,25). The molecule has 1 N–H and O–H groups in total. The zero-order chi connectivity index (χ0) is 19.9. The highest BCUT2D eigenvalue weighted by atomic mass is 32.2. The lowest BCUT2D eigenvalue weighted by molar-refractivity contribution is -0.114. The molecule has 2 aliphatic heterocycles. The lowest BCUT2D eigenvalue weighted by Gasteiger charge is -2.46. The summed E-state index contributed by atoms with van der Waals surface area (Å²) in [5.74, 6) is -0.177. The Labute approximate surface area is 166 Å². The number of carbonyl (C=O) groups excluding carboxylic acids is 1. The van der Waals surface area contributed by atoms with Crippen LogP contribution in [0.4, 0.5) is 5.69 Å². The number of sulfonamides is 1. The maximum Gasteiger partial charge on any atom is 0.243 e. The van der Waals surface area contributed by atoms with Crippen LogP contribution in [0.5, 0.6) is 0 Å². The molecule has 1 fully saturated rings. The predicted molar refractivity (Wildman–Crippen MR) is 109 cm³/mol. The van der Waals surface area contributed by atoms with Crippen LogP contribution in [0.2, 0.25) is 0 Å². The first kappa shape index (κ1) is 19.1. The fourth-order valence-corrected chi connectivity index (χ4v) is 5.75. The van der Waals surface area contributed by atoms with Crippen molar-refractivity contribution < 1.29 is 13.2 Å². The Hall–Kier alpha value is -2.22. The lowest BCUT2D eigenvalue weighted by Crippen LogP contribution is -2.61. The van der Waals surface area contributed by atoms with Crippen molar-refractivity contribution >= 4 is 21.6 Å². The van der Waals surface area contributed by atoms with Gasteiger partial charge in [-0.05, 0) is 48.2 Å². The van der Waals surface area contributed by atoms with E-state index in [2.05, 4.69) is 34.5 Å². The van der Waals surface area contributed by atoms with Gasteiger partial charge in [0.25, 0.3) is 0 Å². The van der Waals surface area contributed by atoms with Crippen LogP contribution in [0.1, 0.15) is 23.6 Å². The highest BCUT2D eigenvalue weighted by Crippen LogP contribution is 2.30. The minimum Gasteiger partial charge on any atom is -0.326 e. The second kappa shape index (κ2) is 7.31. The van der Waals surface area contributed by atoms with E-state index in [0.717, 1.165) is 19.5 Å². The van der Waals surface area contributed by atoms with Crippen molar-refractivity contribution in [2.24, 2.45) is 0 Å². The highest BCUT2D eigenvalue weighted by molar-refractivity contribution is 7.89. The quantitative estimate of drug-likeness (QED) is 0.857. The van der Waals surface area contributed by atoms with Gasteiger partial charge in [0.2, 0.25) is 15.9 Å². The third kappa shape index (κ3) is 3.57. The van der Waals surface area contributed by atoms with Crippen molar-refractivity contribution in [3.8, 4) is 0 Å². The summed E-state index contributed by atoms with van der Waals surface area (Å²) in [4.78, 5) is 13.9. The van der Waals surface area contributed by atoms with Gasteiger partial charge in [0.1, 0.15) is 0 Å². The number of fused-ring (bicyclic) bond motifs is 1. The molecule has 1 amide bonds. The van der Waals surface area contributed by atoms with E-state index in [0.29, 0.717) is 29.2 Å². The fraction of sp³-hybridized carbons (Fsp3) is 0.381. The molecule has 1 saturated heterocycles. The van der Waals surface area contributed by atoms with Gasteiger partial charge < -0.3 is 5.32 Å². The Kier molecular flexibility index (Phi) is 4.99. The lowest BCUT2D eigenvalue weighted by atomic mass is 9.97. The molecule has 0 spiro atoms. The van der Waals surface area contributed by atoms with Crippen LogP contribution < -0.4 is 5.32 Å². The van der Waals surface area contributed by atoms with Crippen molar-refractivity contribution in [2.75, 3.05) is 25.0 Å². The van der Waals surface area contributed by atoms with Crippen LogP contribution >= 0.6 is 0 Å². The van der Waals surface area contributed by atoms with Crippen molar-refractivity contribution in [1.82, 2.24) is 9.21 Å². The molecule has 2 aliphatic rings. The molecule has 0 unspecified atom stereocenters. The smallest absolute Gasteiger partial charge is 0.243 e. The Balaban J connectivity index is 1.43. The summed E-state index contributed by atoms with van der Waals surface area (Å²) < 4.78 is 27.6. The Bertz CT molecular complexity index is 1010. The number of benzene rings is 2. The third-order valence-electron chi connectivity index (χ3n) is 5.62. The van der Waals surface area contributed by atoms with Gasteiger partial charge in [-0.1, -0.05) is 24.3 Å². The van der Waals surface area contributed by atoms with Gasteiger partial charge in [-0.2, -0.15) is 4.31 Å². The van der Waals surface area contributed by atoms with Crippen molar-refractivity contribution in [1.29, 1.82) is 0 Å². The average molecular weight is 400 g/mol. The summed E-state index contributed by atoms with van der Waals surface area (Å²) in [5, 5.41) is 2.69. The van der Waals surface area contributed by atoms with E-state index in [4.69, 9.17) is 0 Å². The second-order valence-electron chi connectivity index (χ2n) is 7.63. The van der Waals surface area contributed by atoms with Crippen molar-refractivity contribution in [3.63, 3.8) is 0 Å². The first-order valence-corrected chi connectivity index (χ1v) is 11.0. The minimum absolute atomic E-state index is 0.177. The molecule has 7 heteroatoms. The molecule has 4 rings (SSSR count). The first-order valence-electron chi connectivity index (χ1n) is 9.54. The molecule has 0 atom stereocenters. The van der Waals surface area contributed by atoms with Crippen LogP contribution in [0, 0.1) is 6.92 Å². The number of carbonyl (C=O) groups is 1. The average Bonchev–Trinajstić information content (AvgIpc) is 2.59. The van der Waals surface area contributed by atoms with E-state index in [1.165, 1.54) is 18.1 Å². The van der Waals surface area contributed by atoms with E-state index >= 15 is 0 Å². The van der Waals surface area contributed by atoms with E-state index in [1.807, 2.05) is 0 Å². The topological polar surface area (TPSA) is 69.7 Å². The third-order valence-corrected chi connectivity index (χ3v) is 7.61. The normalized spacial score (nSPS) is 18.4. The zero-order valence-corrected chi connectivity index (χ0v) is 17.0. The van der Waals surface area contributed by atoms with Gasteiger partial charge in [0, 0.05) is 44.8 Å². The van der Waals surface area contributed by atoms with Gasteiger partial charge >= 0.3 is 0 Å². The van der Waals surface area contributed by atoms with E-state index in [-0.39, 0.29) is 11.9 Å². The Morgan fingerprint density at radius 3 is 2.50 bits per heavy atom. The summed E-state index contributed by atoms with van der Waals surface area (Å²) in [6, 6.07) is 13.7. The zero-order valence-electron chi connectivity index (χ0n) is 16.2. The summed E-state index contributed by atoms with van der Waals surface area (Å²) in [6.07, 6.45) is 1.02. The molecular weight excluding hydrogens is 374 g/mol. The van der Waals surface area contributed by atoms with E-state index in [9.17, 15) is 13.2 Å². The van der Waals surface area contributed by atoms with Gasteiger partial charge in [-0.15, -0.1) is 0 Å². The van der Waals surface area contributed by atoms with E-state index < -0.39 is 10.0 Å². The summed E-state index contributed by atoms with van der Waals surface area (Å²) in [6.45, 7) is 6.10. The first-order chi connectivity index (χ1) is 13.3. The number of hydrogen-bond donors (Lipinski definition) is 1. The Morgan fingerprint density at radius 1 is 1.11 bits per heavy atom. The molecule has 2 aromatic carbocycles. The van der Waals surface area contributed by atoms with Crippen molar-refractivity contribution in [2.45, 2.75) is 37.8 Å². The van der Waals surface area contributed by atoms with Gasteiger partial charge in [0.05, 0.1) is 4.90 Å². The van der Waals surface area contributed by atoms with Gasteiger partial charge in [-0.25, -0.2) is 8.42 Å². The summed E-state index contributed by atoms with van der Waals surface area (Å²) >= 11 is 0. The SMILES string of the molecule is CC(=O)Nc1ccc(S(=O)(=O)N2CC(N3CCc4ccccc4C3)C2)c(C)c1. The molecule has 0 bridgehead atoms. The fourth-order valence-electron chi connectivity index (χ4n) is 4.03. The van der Waals surface area contributed by atoms with Crippen LogP contribution in [-0.4, -0.2) is 49.2 Å². The molecule has 148 valence electrons. The molecule has 28 heavy (non-hydrogen) atoms. The summed E-state index contributed by atoms with van der Waals surface area (Å²) in [7, 11) is -3.52. The second-order valence-corrected chi connectivity index (χ2v) is 9.53. The maximum atomic E-state index is 13.0. The largest absolute Gasteiger partial charge is 0.326 e. The van der Waals surface area contributed by atoms with E-state index in [1.54, 1.807) is 29.4 Å². The molecule has 2 heterocycles. The van der Waals surface area contributed by atoms with Crippen LogP contribution in [-0.2, 0) is 27.8 Å². The number of hydrogen-bond acceptors (Lipinski definition) is 4. The number of aryl methyl sites for hydroxylation is 1. The minimum atomic E-state index is -3.52. The van der Waals surface area contributed by atoms with Crippen LogP contribution in [0.15, 0.2) is 47.4 Å². The molecule has 0 radical (unpaired) electrons. The van der Waals surface area contributed by atoms with Crippen LogP contribution in [0.25, 0.3) is 0 Å². The number of amides is 1. The van der Waals surface area contributed by atoms with Gasteiger partial charge in [-0.3, -0.25) is 9.69 Å². The molecule has 0 aromatic heterocycles. The summed E-state index contributed by atoms with van der Waals surface area (Å²) in [5.41, 5.74) is 4.00. The highest BCUT2D eigenvalue weighted by Gasteiger charge is 2.40. The molecule has 2 aromatic rings. The number of rotatable bonds is 4. The molecule has 0 saturated carbocycles. The van der Waals surface area contributed by atoms with Crippen LogP contribution in [0.3, 0.4) is 0 Å². The number of anilines is 1. The molecule has 6 nitrogen and oxygen atoms in total. The number of nitrogens with one attached hydrogen (secondary N) is 1. The maximum absolute atomic E-state index is 13.0.